The molecular weight excluding hydrogens is 410 g/mol. The summed E-state index contributed by atoms with van der Waals surface area (Å²) in [6.45, 7) is 10.9. The van der Waals surface area contributed by atoms with E-state index < -0.39 is 0 Å². The zero-order valence-corrected chi connectivity index (χ0v) is 20.1. The highest BCUT2D eigenvalue weighted by molar-refractivity contribution is 6.25. The molecule has 166 valence electrons. The van der Waals surface area contributed by atoms with Gasteiger partial charge in [-0.3, -0.25) is 0 Å². The van der Waals surface area contributed by atoms with Gasteiger partial charge in [0, 0.05) is 22.0 Å². The lowest BCUT2D eigenvalue weighted by Crippen LogP contribution is -2.00. The summed E-state index contributed by atoms with van der Waals surface area (Å²) in [6, 6.07) is 17.9. The van der Waals surface area contributed by atoms with Gasteiger partial charge in [-0.25, -0.2) is 0 Å². The molecule has 0 bridgehead atoms. The van der Waals surface area contributed by atoms with Crippen molar-refractivity contribution in [1.82, 2.24) is 4.98 Å². The topological polar surface area (TPSA) is 15.8 Å². The molecule has 1 N–H and O–H groups in total. The highest BCUT2D eigenvalue weighted by Gasteiger charge is 2.22. The van der Waals surface area contributed by atoms with E-state index in [1.54, 1.807) is 0 Å². The van der Waals surface area contributed by atoms with Gasteiger partial charge < -0.3 is 4.98 Å². The lowest BCUT2D eigenvalue weighted by Gasteiger charge is -2.20. The number of fused-ring (bicyclic) bond motifs is 6. The second-order valence-corrected chi connectivity index (χ2v) is 9.37. The summed E-state index contributed by atoms with van der Waals surface area (Å²) in [5.41, 5.74) is 11.7. The molecule has 34 heavy (non-hydrogen) atoms. The molecule has 1 heterocycles. The van der Waals surface area contributed by atoms with E-state index in [0.29, 0.717) is 0 Å². The van der Waals surface area contributed by atoms with E-state index in [-0.39, 0.29) is 0 Å². The molecule has 6 rings (SSSR count). The van der Waals surface area contributed by atoms with Crippen molar-refractivity contribution in [1.29, 1.82) is 0 Å². The van der Waals surface area contributed by atoms with Crippen LogP contribution in [0.25, 0.3) is 61.8 Å². The number of aryl methyl sites for hydroxylation is 2. The van der Waals surface area contributed by atoms with Crippen LogP contribution in [0.2, 0.25) is 0 Å². The number of hydrogen-bond donors (Lipinski definition) is 1. The summed E-state index contributed by atoms with van der Waals surface area (Å²) >= 11 is 0. The Balaban J connectivity index is 1.86. The molecule has 4 aromatic carbocycles. The maximum atomic E-state index is 4.23. The minimum atomic E-state index is 1.11. The van der Waals surface area contributed by atoms with Gasteiger partial charge in [-0.05, 0) is 89.2 Å². The Morgan fingerprint density at radius 1 is 0.912 bits per heavy atom. The summed E-state index contributed by atoms with van der Waals surface area (Å²) in [7, 11) is 0. The van der Waals surface area contributed by atoms with Crippen molar-refractivity contribution in [2.24, 2.45) is 0 Å². The Labute approximate surface area is 201 Å². The number of rotatable bonds is 3. The zero-order valence-electron chi connectivity index (χ0n) is 20.1. The van der Waals surface area contributed by atoms with Crippen molar-refractivity contribution in [2.45, 2.75) is 33.6 Å². The van der Waals surface area contributed by atoms with Gasteiger partial charge in [-0.2, -0.15) is 0 Å². The first kappa shape index (κ1) is 20.7. The third-order valence-corrected chi connectivity index (χ3v) is 7.55. The molecule has 1 nitrogen and oxygen atoms in total. The number of H-pyrrole nitrogens is 1. The van der Waals surface area contributed by atoms with Crippen molar-refractivity contribution in [3.05, 3.63) is 101 Å². The summed E-state index contributed by atoms with van der Waals surface area (Å²) in [5.74, 6) is 0. The number of aromatic nitrogens is 1. The number of allylic oxidation sites excluding steroid dienone is 2. The fourth-order valence-corrected chi connectivity index (χ4v) is 5.95. The SMILES string of the molecule is C=Cc1c(/C=C\C)[nH]c2c1c(-c1ccc3c(c1C)C=CCC3)c(C)c1ccc3ccccc3c12. The van der Waals surface area contributed by atoms with Gasteiger partial charge in [0.2, 0.25) is 0 Å². The smallest absolute Gasteiger partial charge is 0.0557 e. The third-order valence-electron chi connectivity index (χ3n) is 7.55. The van der Waals surface area contributed by atoms with E-state index in [1.807, 2.05) is 6.08 Å². The molecular formula is C33H29N. The molecule has 0 fully saturated rings. The van der Waals surface area contributed by atoms with Crippen LogP contribution in [0.1, 0.15) is 46.9 Å². The summed E-state index contributed by atoms with van der Waals surface area (Å²) < 4.78 is 0. The summed E-state index contributed by atoms with van der Waals surface area (Å²) in [5, 5.41) is 6.42. The van der Waals surface area contributed by atoms with Crippen molar-refractivity contribution in [2.75, 3.05) is 0 Å². The van der Waals surface area contributed by atoms with Crippen molar-refractivity contribution >= 4 is 50.7 Å². The predicted octanol–water partition coefficient (Wildman–Crippen LogP) is 9.39. The Kier molecular flexibility index (Phi) is 4.81. The highest BCUT2D eigenvalue weighted by atomic mass is 14.7. The minimum Gasteiger partial charge on any atom is -0.354 e. The monoisotopic (exact) mass is 439 g/mol. The van der Waals surface area contributed by atoms with Gasteiger partial charge in [0.05, 0.1) is 5.52 Å². The fourth-order valence-electron chi connectivity index (χ4n) is 5.95. The fraction of sp³-hybridized carbons (Fsp3) is 0.152. The predicted molar refractivity (Wildman–Crippen MR) is 150 cm³/mol. The van der Waals surface area contributed by atoms with E-state index in [1.165, 1.54) is 71.4 Å². The largest absolute Gasteiger partial charge is 0.354 e. The highest BCUT2D eigenvalue weighted by Crippen LogP contribution is 2.45. The molecule has 5 aromatic rings. The molecule has 0 aliphatic heterocycles. The van der Waals surface area contributed by atoms with Crippen LogP contribution in [0.4, 0.5) is 0 Å². The Hall–Kier alpha value is -3.84. The molecule has 0 radical (unpaired) electrons. The first-order valence-corrected chi connectivity index (χ1v) is 12.2. The maximum absolute atomic E-state index is 4.23. The molecule has 1 aliphatic carbocycles. The average Bonchev–Trinajstić information content (AvgIpc) is 3.23. The number of nitrogens with one attached hydrogen (secondary N) is 1. The maximum Gasteiger partial charge on any atom is 0.0557 e. The molecule has 1 aromatic heterocycles. The van der Waals surface area contributed by atoms with E-state index >= 15 is 0 Å². The first-order valence-electron chi connectivity index (χ1n) is 12.2. The first-order chi connectivity index (χ1) is 16.6. The number of benzene rings is 4. The lowest BCUT2D eigenvalue weighted by molar-refractivity contribution is 0.981. The van der Waals surface area contributed by atoms with E-state index in [2.05, 4.69) is 105 Å². The van der Waals surface area contributed by atoms with Gasteiger partial charge in [0.25, 0.3) is 0 Å². The third kappa shape index (κ3) is 2.86. The van der Waals surface area contributed by atoms with Crippen LogP contribution in [0.5, 0.6) is 0 Å². The quantitative estimate of drug-likeness (QED) is 0.269. The second kappa shape index (κ2) is 7.88. The van der Waals surface area contributed by atoms with Gasteiger partial charge in [0.1, 0.15) is 0 Å². The molecule has 0 amide bonds. The Morgan fingerprint density at radius 3 is 2.59 bits per heavy atom. The lowest BCUT2D eigenvalue weighted by atomic mass is 9.83. The molecule has 1 aliphatic rings. The summed E-state index contributed by atoms with van der Waals surface area (Å²) in [6.07, 6.45) is 13.2. The Morgan fingerprint density at radius 2 is 1.76 bits per heavy atom. The van der Waals surface area contributed by atoms with Gasteiger partial charge in [-0.1, -0.05) is 79.4 Å². The average molecular weight is 440 g/mol. The van der Waals surface area contributed by atoms with E-state index in [4.69, 9.17) is 0 Å². The van der Waals surface area contributed by atoms with Crippen LogP contribution in [-0.4, -0.2) is 4.98 Å². The molecule has 0 spiro atoms. The minimum absolute atomic E-state index is 1.11. The normalized spacial score (nSPS) is 13.4. The van der Waals surface area contributed by atoms with Crippen LogP contribution >= 0.6 is 0 Å². The van der Waals surface area contributed by atoms with Gasteiger partial charge in [-0.15, -0.1) is 0 Å². The van der Waals surface area contributed by atoms with Gasteiger partial charge >= 0.3 is 0 Å². The van der Waals surface area contributed by atoms with Crippen LogP contribution in [-0.2, 0) is 6.42 Å². The zero-order chi connectivity index (χ0) is 23.4. The van der Waals surface area contributed by atoms with Crippen molar-refractivity contribution < 1.29 is 0 Å². The molecule has 0 atom stereocenters. The number of aromatic amines is 1. The van der Waals surface area contributed by atoms with Crippen molar-refractivity contribution in [3.63, 3.8) is 0 Å². The van der Waals surface area contributed by atoms with Crippen LogP contribution in [0, 0.1) is 13.8 Å². The molecule has 0 saturated heterocycles. The summed E-state index contributed by atoms with van der Waals surface area (Å²) in [4.78, 5) is 3.80. The second-order valence-electron chi connectivity index (χ2n) is 9.37. The van der Waals surface area contributed by atoms with Crippen LogP contribution in [0.3, 0.4) is 0 Å². The molecule has 0 unspecified atom stereocenters. The number of hydrogen-bond acceptors (Lipinski definition) is 0. The van der Waals surface area contributed by atoms with Gasteiger partial charge in [0.15, 0.2) is 0 Å². The van der Waals surface area contributed by atoms with E-state index in [0.717, 1.165) is 18.5 Å². The van der Waals surface area contributed by atoms with Crippen molar-refractivity contribution in [3.8, 4) is 11.1 Å². The standard InChI is InChI=1S/C33H29N/c1-5-11-29-24(6-2)32-30(26-18-16-22-12-7-9-14-25(22)20(26)3)21(4)27-19-17-23-13-8-10-15-28(23)31(27)33(32)34-29/h5-6,8-11,13-19,34H,2,7,12H2,1,3-4H3/b11-5-. The molecule has 0 saturated carbocycles. The van der Waals surface area contributed by atoms with Crippen LogP contribution < -0.4 is 0 Å². The molecule has 1 heteroatoms. The Bertz CT molecular complexity index is 1690. The van der Waals surface area contributed by atoms with Crippen LogP contribution in [0.15, 0.2) is 67.3 Å². The van der Waals surface area contributed by atoms with E-state index in [9.17, 15) is 0 Å².